The lowest BCUT2D eigenvalue weighted by molar-refractivity contribution is -0.228. The van der Waals surface area contributed by atoms with Gasteiger partial charge in [0, 0.05) is 26.2 Å². The quantitative estimate of drug-likeness (QED) is 0.241. The number of hydrogen-bond donors (Lipinski definition) is 0. The molecule has 3 atom stereocenters. The Balaban J connectivity index is 1.53. The lowest BCUT2D eigenvalue weighted by Gasteiger charge is -2.41. The van der Waals surface area contributed by atoms with Crippen molar-refractivity contribution < 1.29 is 40.6 Å². The van der Waals surface area contributed by atoms with E-state index in [1.165, 1.54) is 6.92 Å². The molecule has 224 valence electrons. The monoisotopic (exact) mass is 584 g/mol. The molecule has 0 bridgehead atoms. The SMILES string of the molecule is COCCN(CC#CCN1CCO[C@H](OC(C)c2cc(C(F)(F)F)cc(C(F)(F)F)c2)[C@@H]1c1ccccc1)C1CC1. The summed E-state index contributed by atoms with van der Waals surface area (Å²) in [7, 11) is 1.67. The zero-order chi connectivity index (χ0) is 29.6. The molecule has 0 aromatic heterocycles. The molecule has 2 aromatic carbocycles. The van der Waals surface area contributed by atoms with E-state index in [9.17, 15) is 26.3 Å². The molecule has 2 aromatic rings. The van der Waals surface area contributed by atoms with Crippen LogP contribution >= 0.6 is 0 Å². The maximum atomic E-state index is 13.4. The number of hydrogen-bond acceptors (Lipinski definition) is 5. The van der Waals surface area contributed by atoms with Gasteiger partial charge in [-0.15, -0.1) is 0 Å². The van der Waals surface area contributed by atoms with Crippen LogP contribution in [0.1, 0.15) is 54.2 Å². The van der Waals surface area contributed by atoms with E-state index in [0.717, 1.165) is 24.9 Å². The number of methoxy groups -OCH3 is 1. The minimum absolute atomic E-state index is 0.111. The molecule has 5 nitrogen and oxygen atoms in total. The molecule has 2 aliphatic rings. The largest absolute Gasteiger partial charge is 0.416 e. The third-order valence-electron chi connectivity index (χ3n) is 7.21. The highest BCUT2D eigenvalue weighted by Crippen LogP contribution is 2.39. The second-order valence-electron chi connectivity index (χ2n) is 10.2. The van der Waals surface area contributed by atoms with Crippen LogP contribution in [0.3, 0.4) is 0 Å². The van der Waals surface area contributed by atoms with E-state index in [1.807, 2.05) is 30.3 Å². The molecular formula is C30H34F6N2O3. The maximum Gasteiger partial charge on any atom is 0.416 e. The van der Waals surface area contributed by atoms with Gasteiger partial charge in [0.25, 0.3) is 0 Å². The number of ether oxygens (including phenoxy) is 3. The van der Waals surface area contributed by atoms with Gasteiger partial charge in [0.05, 0.1) is 49.6 Å². The van der Waals surface area contributed by atoms with Gasteiger partial charge >= 0.3 is 12.4 Å². The van der Waals surface area contributed by atoms with Gasteiger partial charge in [-0.05, 0) is 49.1 Å². The van der Waals surface area contributed by atoms with E-state index < -0.39 is 41.9 Å². The molecule has 4 rings (SSSR count). The van der Waals surface area contributed by atoms with Crippen molar-refractivity contribution >= 4 is 0 Å². The molecule has 2 fully saturated rings. The highest BCUT2D eigenvalue weighted by Gasteiger charge is 2.39. The lowest BCUT2D eigenvalue weighted by Crippen LogP contribution is -2.46. The summed E-state index contributed by atoms with van der Waals surface area (Å²) in [6, 6.07) is 10.9. The molecule has 1 aliphatic carbocycles. The van der Waals surface area contributed by atoms with Gasteiger partial charge in [0.2, 0.25) is 0 Å². The van der Waals surface area contributed by atoms with Crippen molar-refractivity contribution in [3.05, 3.63) is 70.8 Å². The fourth-order valence-electron chi connectivity index (χ4n) is 4.85. The number of halogens is 6. The van der Waals surface area contributed by atoms with Gasteiger partial charge in [-0.3, -0.25) is 9.80 Å². The predicted molar refractivity (Wildman–Crippen MR) is 141 cm³/mol. The van der Waals surface area contributed by atoms with Crippen molar-refractivity contribution in [2.75, 3.05) is 46.5 Å². The Labute approximate surface area is 236 Å². The van der Waals surface area contributed by atoms with Crippen LogP contribution in [-0.2, 0) is 26.6 Å². The summed E-state index contributed by atoms with van der Waals surface area (Å²) < 4.78 is 97.8. The molecule has 0 amide bonds. The predicted octanol–water partition coefficient (Wildman–Crippen LogP) is 6.32. The Morgan fingerprint density at radius 3 is 2.24 bits per heavy atom. The summed E-state index contributed by atoms with van der Waals surface area (Å²) in [5.41, 5.74) is -2.17. The third kappa shape index (κ3) is 8.69. The first-order valence-electron chi connectivity index (χ1n) is 13.5. The summed E-state index contributed by atoms with van der Waals surface area (Å²) in [6.45, 7) is 4.66. The van der Waals surface area contributed by atoms with Crippen molar-refractivity contribution in [3.8, 4) is 11.8 Å². The molecule has 1 saturated heterocycles. The summed E-state index contributed by atoms with van der Waals surface area (Å²) in [4.78, 5) is 4.36. The van der Waals surface area contributed by atoms with E-state index in [2.05, 4.69) is 21.6 Å². The van der Waals surface area contributed by atoms with Crippen LogP contribution in [0.25, 0.3) is 0 Å². The van der Waals surface area contributed by atoms with Gasteiger partial charge in [-0.1, -0.05) is 42.2 Å². The zero-order valence-corrected chi connectivity index (χ0v) is 23.0. The van der Waals surface area contributed by atoms with E-state index in [1.54, 1.807) is 7.11 Å². The molecule has 41 heavy (non-hydrogen) atoms. The van der Waals surface area contributed by atoms with Crippen molar-refractivity contribution in [2.24, 2.45) is 0 Å². The van der Waals surface area contributed by atoms with Crippen molar-refractivity contribution in [1.82, 2.24) is 9.80 Å². The average molecular weight is 585 g/mol. The van der Waals surface area contributed by atoms with Crippen LogP contribution in [-0.4, -0.2) is 68.6 Å². The molecule has 0 N–H and O–H groups in total. The smallest absolute Gasteiger partial charge is 0.383 e. The highest BCUT2D eigenvalue weighted by molar-refractivity contribution is 5.35. The molecule has 1 aliphatic heterocycles. The molecule has 0 radical (unpaired) electrons. The van der Waals surface area contributed by atoms with Gasteiger partial charge in [-0.2, -0.15) is 26.3 Å². The van der Waals surface area contributed by atoms with Gasteiger partial charge in [0.1, 0.15) is 0 Å². The minimum Gasteiger partial charge on any atom is -0.383 e. The van der Waals surface area contributed by atoms with Gasteiger partial charge in [-0.25, -0.2) is 0 Å². The second-order valence-corrected chi connectivity index (χ2v) is 10.2. The van der Waals surface area contributed by atoms with E-state index >= 15 is 0 Å². The topological polar surface area (TPSA) is 34.2 Å². The molecule has 1 saturated carbocycles. The normalized spacial score (nSPS) is 21.0. The van der Waals surface area contributed by atoms with Gasteiger partial charge in [0.15, 0.2) is 6.29 Å². The summed E-state index contributed by atoms with van der Waals surface area (Å²) in [6.07, 6.45) is -9.66. The zero-order valence-electron chi connectivity index (χ0n) is 23.0. The van der Waals surface area contributed by atoms with E-state index in [-0.39, 0.29) is 18.2 Å². The van der Waals surface area contributed by atoms with E-state index in [0.29, 0.717) is 44.4 Å². The summed E-state index contributed by atoms with van der Waals surface area (Å²) in [5, 5.41) is 0. The van der Waals surface area contributed by atoms with Crippen LogP contribution in [0.2, 0.25) is 0 Å². The number of rotatable bonds is 10. The average Bonchev–Trinajstić information content (AvgIpc) is 3.77. The van der Waals surface area contributed by atoms with Gasteiger partial charge < -0.3 is 14.2 Å². The fourth-order valence-corrected chi connectivity index (χ4v) is 4.85. The van der Waals surface area contributed by atoms with Crippen LogP contribution < -0.4 is 0 Å². The minimum atomic E-state index is -4.95. The van der Waals surface area contributed by atoms with E-state index in [4.69, 9.17) is 14.2 Å². The summed E-state index contributed by atoms with van der Waals surface area (Å²) in [5.74, 6) is 6.47. The lowest BCUT2D eigenvalue weighted by atomic mass is 10.0. The Kier molecular flexibility index (Phi) is 10.4. The van der Waals surface area contributed by atoms with Crippen LogP contribution in [0, 0.1) is 11.8 Å². The fraction of sp³-hybridized carbons (Fsp3) is 0.533. The van der Waals surface area contributed by atoms with Crippen LogP contribution in [0.4, 0.5) is 26.3 Å². The Bertz CT molecular complexity index is 1160. The standard InChI is InChI=1S/C30H34F6N2O3/c1-21(23-18-24(29(31,32)33)20-25(19-23)30(34,35)36)41-28-27(22-8-4-3-5-9-22)38(15-17-40-28)13-7-6-12-37(14-16-39-2)26-10-11-26/h3-5,8-9,18-21,26-28H,10-17H2,1-2H3/t21?,27-,28+/m0/s1. The Morgan fingerprint density at radius 2 is 1.66 bits per heavy atom. The number of alkyl halides is 6. The summed E-state index contributed by atoms with van der Waals surface area (Å²) >= 11 is 0. The highest BCUT2D eigenvalue weighted by atomic mass is 19.4. The molecule has 1 heterocycles. The molecule has 0 spiro atoms. The first-order chi connectivity index (χ1) is 19.5. The van der Waals surface area contributed by atoms with Crippen LogP contribution in [0.15, 0.2) is 48.5 Å². The molecule has 11 heteroatoms. The Hall–Kier alpha value is -2.62. The van der Waals surface area contributed by atoms with Crippen LogP contribution in [0.5, 0.6) is 0 Å². The first kappa shape index (κ1) is 31.3. The molecular weight excluding hydrogens is 550 g/mol. The van der Waals surface area contributed by atoms with Crippen molar-refractivity contribution in [1.29, 1.82) is 0 Å². The van der Waals surface area contributed by atoms with Crippen molar-refractivity contribution in [2.45, 2.75) is 56.6 Å². The molecule has 1 unspecified atom stereocenters. The maximum absolute atomic E-state index is 13.4. The number of morpholine rings is 1. The number of nitrogens with zero attached hydrogens (tertiary/aromatic N) is 2. The first-order valence-corrected chi connectivity index (χ1v) is 13.5. The van der Waals surface area contributed by atoms with Crippen molar-refractivity contribution in [3.63, 3.8) is 0 Å². The number of benzene rings is 2. The Morgan fingerprint density at radius 1 is 1.00 bits per heavy atom. The second kappa shape index (κ2) is 13.6. The third-order valence-corrected chi connectivity index (χ3v) is 7.21.